The summed E-state index contributed by atoms with van der Waals surface area (Å²) in [5.74, 6) is -0.598. The van der Waals surface area contributed by atoms with E-state index in [-0.39, 0.29) is 17.7 Å². The van der Waals surface area contributed by atoms with Crippen molar-refractivity contribution >= 4 is 22.6 Å². The van der Waals surface area contributed by atoms with Crippen LogP contribution < -0.4 is 0 Å². The van der Waals surface area contributed by atoms with Gasteiger partial charge in [0.25, 0.3) is 0 Å². The predicted octanol–water partition coefficient (Wildman–Crippen LogP) is 4.00. The van der Waals surface area contributed by atoms with Crippen LogP contribution in [-0.4, -0.2) is 40.5 Å². The number of esters is 1. The van der Waals surface area contributed by atoms with Gasteiger partial charge in [0.1, 0.15) is 0 Å². The molecule has 0 aromatic rings. The number of allylic oxidation sites excluding steroid dienone is 5. The first-order valence-electron chi connectivity index (χ1n) is 10.1. The largest absolute Gasteiger partial charge is 0.469 e. The second-order valence-corrected chi connectivity index (χ2v) is 8.47. The molecule has 0 aromatic heterocycles. The number of aliphatic hydroxyl groups is 1. The zero-order valence-electron chi connectivity index (χ0n) is 17.3. The lowest BCUT2D eigenvalue weighted by Crippen LogP contribution is -2.07. The lowest BCUT2D eigenvalue weighted by atomic mass is 9.98. The molecule has 0 saturated carbocycles. The van der Waals surface area contributed by atoms with Gasteiger partial charge in [-0.3, -0.25) is 13.8 Å². The Morgan fingerprint density at radius 3 is 2.68 bits per heavy atom. The van der Waals surface area contributed by atoms with Gasteiger partial charge in [0.05, 0.1) is 28.9 Å². The van der Waals surface area contributed by atoms with Crippen molar-refractivity contribution in [1.29, 1.82) is 0 Å². The molecule has 1 aliphatic carbocycles. The molecule has 0 aliphatic heterocycles. The maximum absolute atomic E-state index is 12.6. The van der Waals surface area contributed by atoms with Gasteiger partial charge in [0, 0.05) is 24.2 Å². The van der Waals surface area contributed by atoms with E-state index in [4.69, 9.17) is 0 Å². The number of methoxy groups -OCH3 is 1. The SMILES string of the molecule is CCCCCC(O)/C=C/C1C=C(S(C)=O)C(=O)/C1=C\CCCCCC(=O)OC. The van der Waals surface area contributed by atoms with Crippen LogP contribution in [0.5, 0.6) is 0 Å². The summed E-state index contributed by atoms with van der Waals surface area (Å²) >= 11 is 0. The summed E-state index contributed by atoms with van der Waals surface area (Å²) in [5, 5.41) is 10.1. The van der Waals surface area contributed by atoms with E-state index in [1.54, 1.807) is 12.2 Å². The van der Waals surface area contributed by atoms with E-state index < -0.39 is 16.9 Å². The highest BCUT2D eigenvalue weighted by molar-refractivity contribution is 7.89. The molecule has 1 N–H and O–H groups in total. The van der Waals surface area contributed by atoms with Crippen LogP contribution in [0.4, 0.5) is 0 Å². The van der Waals surface area contributed by atoms with Gasteiger partial charge in [-0.15, -0.1) is 0 Å². The molecule has 3 atom stereocenters. The Hall–Kier alpha value is -1.53. The van der Waals surface area contributed by atoms with Crippen molar-refractivity contribution in [1.82, 2.24) is 0 Å². The number of hydrogen-bond acceptors (Lipinski definition) is 5. The first-order valence-corrected chi connectivity index (χ1v) is 11.7. The number of carbonyl (C=O) groups excluding carboxylic acids is 2. The smallest absolute Gasteiger partial charge is 0.305 e. The lowest BCUT2D eigenvalue weighted by molar-refractivity contribution is -0.140. The van der Waals surface area contributed by atoms with Crippen LogP contribution in [0.1, 0.15) is 64.7 Å². The van der Waals surface area contributed by atoms with Gasteiger partial charge in [-0.05, 0) is 25.7 Å². The third-order valence-electron chi connectivity index (χ3n) is 4.81. The van der Waals surface area contributed by atoms with Crippen LogP contribution in [-0.2, 0) is 25.1 Å². The second kappa shape index (κ2) is 13.6. The average molecular weight is 411 g/mol. The first kappa shape index (κ1) is 24.5. The van der Waals surface area contributed by atoms with Crippen molar-refractivity contribution in [2.45, 2.75) is 70.8 Å². The van der Waals surface area contributed by atoms with Crippen LogP contribution in [0.2, 0.25) is 0 Å². The van der Waals surface area contributed by atoms with Crippen molar-refractivity contribution < 1.29 is 23.6 Å². The van der Waals surface area contributed by atoms with E-state index in [9.17, 15) is 18.9 Å². The molecule has 0 fully saturated rings. The van der Waals surface area contributed by atoms with E-state index in [1.807, 2.05) is 12.2 Å². The third-order valence-corrected chi connectivity index (χ3v) is 5.75. The highest BCUT2D eigenvalue weighted by atomic mass is 32.2. The van der Waals surface area contributed by atoms with Crippen LogP contribution in [0, 0.1) is 5.92 Å². The molecule has 158 valence electrons. The Morgan fingerprint density at radius 1 is 1.29 bits per heavy atom. The number of ketones is 1. The summed E-state index contributed by atoms with van der Waals surface area (Å²) in [7, 11) is 0.0575. The molecule has 5 nitrogen and oxygen atoms in total. The van der Waals surface area contributed by atoms with Gasteiger partial charge in [0.2, 0.25) is 0 Å². The van der Waals surface area contributed by atoms with Crippen molar-refractivity contribution in [2.24, 2.45) is 5.92 Å². The molecule has 0 radical (unpaired) electrons. The molecule has 0 amide bonds. The number of Topliss-reactive ketones (excluding diaryl/α,β-unsaturated/α-hetero) is 1. The monoisotopic (exact) mass is 410 g/mol. The van der Waals surface area contributed by atoms with Gasteiger partial charge >= 0.3 is 5.97 Å². The Balaban J connectivity index is 2.65. The summed E-state index contributed by atoms with van der Waals surface area (Å²) < 4.78 is 16.5. The summed E-state index contributed by atoms with van der Waals surface area (Å²) in [6.45, 7) is 2.12. The summed E-state index contributed by atoms with van der Waals surface area (Å²) in [6.07, 6.45) is 15.8. The molecule has 1 aliphatic rings. The minimum atomic E-state index is -1.33. The third kappa shape index (κ3) is 8.65. The van der Waals surface area contributed by atoms with E-state index >= 15 is 0 Å². The van der Waals surface area contributed by atoms with Crippen LogP contribution >= 0.6 is 0 Å². The maximum atomic E-state index is 12.6. The Morgan fingerprint density at radius 2 is 2.04 bits per heavy atom. The fourth-order valence-electron chi connectivity index (χ4n) is 3.13. The van der Waals surface area contributed by atoms with Crippen LogP contribution in [0.25, 0.3) is 0 Å². The fraction of sp³-hybridized carbons (Fsp3) is 0.636. The Bertz CT molecular complexity index is 633. The fourth-order valence-corrected chi connectivity index (χ4v) is 3.85. The molecule has 0 saturated heterocycles. The molecule has 3 unspecified atom stereocenters. The highest BCUT2D eigenvalue weighted by Gasteiger charge is 2.30. The number of aliphatic hydroxyl groups excluding tert-OH is 1. The minimum absolute atomic E-state index is 0.162. The summed E-state index contributed by atoms with van der Waals surface area (Å²) in [4.78, 5) is 24.0. The summed E-state index contributed by atoms with van der Waals surface area (Å²) in [5.41, 5.74) is 0.634. The topological polar surface area (TPSA) is 80.7 Å². The molecule has 6 heteroatoms. The molecule has 0 aromatic carbocycles. The first-order chi connectivity index (χ1) is 13.4. The van der Waals surface area contributed by atoms with E-state index in [1.165, 1.54) is 13.4 Å². The van der Waals surface area contributed by atoms with Crippen molar-refractivity contribution in [3.8, 4) is 0 Å². The number of ether oxygens (including phenoxy) is 1. The quantitative estimate of drug-likeness (QED) is 0.215. The molecule has 28 heavy (non-hydrogen) atoms. The van der Waals surface area contributed by atoms with Gasteiger partial charge in [-0.2, -0.15) is 0 Å². The standard InChI is InChI=1S/C22H34O5S/c1-4-5-8-11-18(23)15-14-17-16-20(28(3)26)22(25)19(17)12-9-6-7-10-13-21(24)27-2/h12,14-18,23H,4-11,13H2,1-3H3/b15-14+,19-12-. The van der Waals surface area contributed by atoms with Gasteiger partial charge in [-0.1, -0.05) is 56.9 Å². The molecule has 0 heterocycles. The van der Waals surface area contributed by atoms with E-state index in [0.717, 1.165) is 44.9 Å². The van der Waals surface area contributed by atoms with Gasteiger partial charge < -0.3 is 9.84 Å². The van der Waals surface area contributed by atoms with Gasteiger partial charge in [0.15, 0.2) is 5.78 Å². The molecule has 1 rings (SSSR count). The van der Waals surface area contributed by atoms with Crippen LogP contribution in [0.3, 0.4) is 0 Å². The Labute approximate surface area is 171 Å². The summed E-state index contributed by atoms with van der Waals surface area (Å²) in [6, 6.07) is 0. The zero-order valence-corrected chi connectivity index (χ0v) is 18.1. The average Bonchev–Trinajstić information content (AvgIpc) is 2.98. The predicted molar refractivity (Wildman–Crippen MR) is 113 cm³/mol. The molecular weight excluding hydrogens is 376 g/mol. The van der Waals surface area contributed by atoms with Crippen molar-refractivity contribution in [3.05, 3.63) is 34.8 Å². The highest BCUT2D eigenvalue weighted by Crippen LogP contribution is 2.30. The Kier molecular flexibility index (Phi) is 11.9. The number of carbonyl (C=O) groups is 2. The molecular formula is C22H34O5S. The van der Waals surface area contributed by atoms with Crippen molar-refractivity contribution in [3.63, 3.8) is 0 Å². The normalized spacial score (nSPS) is 20.6. The lowest BCUT2D eigenvalue weighted by Gasteiger charge is -2.08. The number of unbranched alkanes of at least 4 members (excludes halogenated alkanes) is 5. The zero-order chi connectivity index (χ0) is 20.9. The van der Waals surface area contributed by atoms with E-state index in [2.05, 4.69) is 11.7 Å². The number of hydrogen-bond donors (Lipinski definition) is 1. The van der Waals surface area contributed by atoms with Gasteiger partial charge in [-0.25, -0.2) is 0 Å². The second-order valence-electron chi connectivity index (χ2n) is 7.12. The van der Waals surface area contributed by atoms with Crippen LogP contribution in [0.15, 0.2) is 34.8 Å². The molecule has 0 bridgehead atoms. The van der Waals surface area contributed by atoms with E-state index in [0.29, 0.717) is 23.3 Å². The number of rotatable bonds is 13. The minimum Gasteiger partial charge on any atom is -0.469 e. The molecule has 0 spiro atoms. The van der Waals surface area contributed by atoms with Crippen molar-refractivity contribution in [2.75, 3.05) is 13.4 Å². The maximum Gasteiger partial charge on any atom is 0.305 e.